The zero-order valence-electron chi connectivity index (χ0n) is 11.7. The molecule has 1 amide bonds. The number of anilines is 2. The quantitative estimate of drug-likeness (QED) is 0.908. The van der Waals surface area contributed by atoms with Gasteiger partial charge in [0.15, 0.2) is 0 Å². The van der Waals surface area contributed by atoms with E-state index in [0.717, 1.165) is 22.8 Å². The number of carbonyl (C=O) groups is 1. The van der Waals surface area contributed by atoms with Gasteiger partial charge in [-0.25, -0.2) is 10.4 Å². The first-order chi connectivity index (χ1) is 10.2. The van der Waals surface area contributed by atoms with Crippen molar-refractivity contribution in [3.63, 3.8) is 0 Å². The summed E-state index contributed by atoms with van der Waals surface area (Å²) in [6, 6.07) is 13.8. The second-order valence-electron chi connectivity index (χ2n) is 5.06. The highest BCUT2D eigenvalue weighted by Gasteiger charge is 2.21. The average Bonchev–Trinajstić information content (AvgIpc) is 2.49. The van der Waals surface area contributed by atoms with Gasteiger partial charge in [-0.3, -0.25) is 4.79 Å². The van der Waals surface area contributed by atoms with Crippen LogP contribution in [0.5, 0.6) is 0 Å². The molecular formula is C16H16N4O. The van der Waals surface area contributed by atoms with Crippen LogP contribution in [-0.4, -0.2) is 16.6 Å². The molecule has 0 aliphatic carbocycles. The average molecular weight is 280 g/mol. The number of pyridine rings is 1. The first kappa shape index (κ1) is 13.3. The van der Waals surface area contributed by atoms with E-state index in [1.807, 2.05) is 49.4 Å². The van der Waals surface area contributed by atoms with Crippen molar-refractivity contribution < 1.29 is 4.79 Å². The van der Waals surface area contributed by atoms with Crippen LogP contribution >= 0.6 is 0 Å². The van der Waals surface area contributed by atoms with Crippen LogP contribution in [0, 0.1) is 5.92 Å². The van der Waals surface area contributed by atoms with Gasteiger partial charge in [-0.1, -0.05) is 25.1 Å². The fraction of sp³-hybridized carbons (Fsp3) is 0.188. The molecule has 1 aliphatic rings. The Hall–Kier alpha value is -2.69. The maximum absolute atomic E-state index is 11.3. The van der Waals surface area contributed by atoms with E-state index in [-0.39, 0.29) is 11.8 Å². The molecule has 0 radical (unpaired) electrons. The van der Waals surface area contributed by atoms with Crippen LogP contribution in [0.1, 0.15) is 18.9 Å². The zero-order chi connectivity index (χ0) is 14.7. The monoisotopic (exact) mass is 280 g/mol. The molecule has 106 valence electrons. The molecule has 0 saturated carbocycles. The Morgan fingerprint density at radius 1 is 1.19 bits per heavy atom. The summed E-state index contributed by atoms with van der Waals surface area (Å²) in [6.45, 7) is 1.99. The van der Waals surface area contributed by atoms with Gasteiger partial charge in [-0.15, -0.1) is 0 Å². The molecule has 2 N–H and O–H groups in total. The number of hydrazone groups is 1. The van der Waals surface area contributed by atoms with Crippen LogP contribution < -0.4 is 10.7 Å². The lowest BCUT2D eigenvalue weighted by atomic mass is 9.95. The Balaban J connectivity index is 1.77. The number of benzene rings is 1. The minimum atomic E-state index is -0.0402. The molecule has 1 aliphatic heterocycles. The smallest absolute Gasteiger partial charge is 0.240 e. The van der Waals surface area contributed by atoms with Crippen LogP contribution in [0.15, 0.2) is 53.8 Å². The highest BCUT2D eigenvalue weighted by atomic mass is 16.2. The number of aromatic nitrogens is 1. The molecule has 21 heavy (non-hydrogen) atoms. The summed E-state index contributed by atoms with van der Waals surface area (Å²) in [5.74, 6) is 0.841. The van der Waals surface area contributed by atoms with Crippen LogP contribution in [0.2, 0.25) is 0 Å². The number of hydrogen-bond acceptors (Lipinski definition) is 4. The fourth-order valence-electron chi connectivity index (χ4n) is 2.29. The molecule has 0 fully saturated rings. The van der Waals surface area contributed by atoms with E-state index in [2.05, 4.69) is 20.8 Å². The van der Waals surface area contributed by atoms with Crippen LogP contribution in [0.4, 0.5) is 11.5 Å². The number of carbonyl (C=O) groups excluding carboxylic acids is 1. The Kier molecular flexibility index (Phi) is 3.64. The lowest BCUT2D eigenvalue weighted by molar-refractivity contribution is -0.121. The molecule has 3 rings (SSSR count). The SMILES string of the molecule is CC1CC(=O)NN=C1c1ccc(Nc2ccccc2)nc1. The third-order valence-electron chi connectivity index (χ3n) is 3.36. The van der Waals surface area contributed by atoms with Gasteiger partial charge < -0.3 is 5.32 Å². The molecule has 1 unspecified atom stereocenters. The number of hydrogen-bond donors (Lipinski definition) is 2. The topological polar surface area (TPSA) is 66.4 Å². The van der Waals surface area contributed by atoms with E-state index in [0.29, 0.717) is 6.42 Å². The molecule has 2 heterocycles. The van der Waals surface area contributed by atoms with E-state index >= 15 is 0 Å². The van der Waals surface area contributed by atoms with E-state index in [1.54, 1.807) is 6.20 Å². The molecule has 1 aromatic heterocycles. The van der Waals surface area contributed by atoms with Crippen LogP contribution in [0.3, 0.4) is 0 Å². The second kappa shape index (κ2) is 5.75. The maximum Gasteiger partial charge on any atom is 0.240 e. The summed E-state index contributed by atoms with van der Waals surface area (Å²) >= 11 is 0. The van der Waals surface area contributed by atoms with Gasteiger partial charge in [0.1, 0.15) is 5.82 Å². The highest BCUT2D eigenvalue weighted by Crippen LogP contribution is 2.18. The lowest BCUT2D eigenvalue weighted by Crippen LogP contribution is -2.32. The van der Waals surface area contributed by atoms with E-state index in [4.69, 9.17) is 0 Å². The molecule has 0 saturated heterocycles. The second-order valence-corrected chi connectivity index (χ2v) is 5.06. The summed E-state index contributed by atoms with van der Waals surface area (Å²) in [5.41, 5.74) is 5.32. The molecule has 1 atom stereocenters. The van der Waals surface area contributed by atoms with E-state index in [1.165, 1.54) is 0 Å². The first-order valence-corrected chi connectivity index (χ1v) is 6.87. The van der Waals surface area contributed by atoms with Crippen molar-refractivity contribution in [3.05, 3.63) is 54.2 Å². The molecule has 1 aromatic carbocycles. The normalized spacial score (nSPS) is 17.9. The fourth-order valence-corrected chi connectivity index (χ4v) is 2.29. The summed E-state index contributed by atoms with van der Waals surface area (Å²) < 4.78 is 0. The number of nitrogens with zero attached hydrogens (tertiary/aromatic N) is 2. The van der Waals surface area contributed by atoms with Crippen molar-refractivity contribution >= 4 is 23.1 Å². The molecular weight excluding hydrogens is 264 g/mol. The molecule has 2 aromatic rings. The Labute approximate surface area is 123 Å². The Bertz CT molecular complexity index is 664. The van der Waals surface area contributed by atoms with Gasteiger partial charge >= 0.3 is 0 Å². The summed E-state index contributed by atoms with van der Waals surface area (Å²) in [7, 11) is 0. The van der Waals surface area contributed by atoms with Crippen LogP contribution in [-0.2, 0) is 4.79 Å². The van der Waals surface area contributed by atoms with Crippen molar-refractivity contribution in [2.24, 2.45) is 11.0 Å². The van der Waals surface area contributed by atoms with Crippen molar-refractivity contribution in [2.45, 2.75) is 13.3 Å². The zero-order valence-corrected chi connectivity index (χ0v) is 11.7. The molecule has 0 bridgehead atoms. The van der Waals surface area contributed by atoms with Crippen molar-refractivity contribution in [3.8, 4) is 0 Å². The number of nitrogens with one attached hydrogen (secondary N) is 2. The summed E-state index contributed by atoms with van der Waals surface area (Å²) in [5, 5.41) is 7.36. The number of amides is 1. The van der Waals surface area contributed by atoms with E-state index in [9.17, 15) is 4.79 Å². The van der Waals surface area contributed by atoms with E-state index < -0.39 is 0 Å². The predicted octanol–water partition coefficient (Wildman–Crippen LogP) is 2.69. The van der Waals surface area contributed by atoms with Crippen molar-refractivity contribution in [1.82, 2.24) is 10.4 Å². The maximum atomic E-state index is 11.3. The largest absolute Gasteiger partial charge is 0.340 e. The number of para-hydroxylation sites is 1. The predicted molar refractivity (Wildman–Crippen MR) is 82.4 cm³/mol. The van der Waals surface area contributed by atoms with Crippen molar-refractivity contribution in [2.75, 3.05) is 5.32 Å². The molecule has 5 heteroatoms. The van der Waals surface area contributed by atoms with Gasteiger partial charge in [0.2, 0.25) is 5.91 Å². The van der Waals surface area contributed by atoms with Gasteiger partial charge in [0, 0.05) is 29.8 Å². The Morgan fingerprint density at radius 2 is 2.00 bits per heavy atom. The minimum Gasteiger partial charge on any atom is -0.340 e. The minimum absolute atomic E-state index is 0.0402. The summed E-state index contributed by atoms with van der Waals surface area (Å²) in [4.78, 5) is 15.7. The molecule has 5 nitrogen and oxygen atoms in total. The third-order valence-corrected chi connectivity index (χ3v) is 3.36. The Morgan fingerprint density at radius 3 is 2.67 bits per heavy atom. The number of rotatable bonds is 3. The van der Waals surface area contributed by atoms with Gasteiger partial charge in [-0.2, -0.15) is 5.10 Å². The summed E-state index contributed by atoms with van der Waals surface area (Å²) in [6.07, 6.45) is 2.24. The third kappa shape index (κ3) is 3.08. The van der Waals surface area contributed by atoms with Gasteiger partial charge in [-0.05, 0) is 24.3 Å². The highest BCUT2D eigenvalue weighted by molar-refractivity contribution is 6.05. The standard InChI is InChI=1S/C16H16N4O/c1-11-9-15(21)19-20-16(11)12-7-8-14(17-10-12)18-13-5-3-2-4-6-13/h2-8,10-11H,9H2,1H3,(H,17,18)(H,19,21). The van der Waals surface area contributed by atoms with Gasteiger partial charge in [0.05, 0.1) is 5.71 Å². The van der Waals surface area contributed by atoms with Gasteiger partial charge in [0.25, 0.3) is 0 Å². The van der Waals surface area contributed by atoms with Crippen LogP contribution in [0.25, 0.3) is 0 Å². The molecule has 0 spiro atoms. The lowest BCUT2D eigenvalue weighted by Gasteiger charge is -2.19. The van der Waals surface area contributed by atoms with Crippen molar-refractivity contribution in [1.29, 1.82) is 0 Å². The first-order valence-electron chi connectivity index (χ1n) is 6.87.